The van der Waals surface area contributed by atoms with E-state index in [9.17, 15) is 4.79 Å². The maximum absolute atomic E-state index is 11.9. The van der Waals surface area contributed by atoms with Gasteiger partial charge in [0.25, 0.3) is 0 Å². The van der Waals surface area contributed by atoms with Gasteiger partial charge in [0.2, 0.25) is 0 Å². The molecule has 0 amide bonds. The first kappa shape index (κ1) is 30.6. The third-order valence-electron chi connectivity index (χ3n) is 6.96. The normalized spacial score (nSPS) is 14.7. The number of hydrogen-bond donors (Lipinski definition) is 6. The number of carbonyl (C=O) groups excluding carboxylic acids is 1. The maximum atomic E-state index is 11.9. The minimum Gasteiger partial charge on any atom is -0.461 e. The summed E-state index contributed by atoms with van der Waals surface area (Å²) in [5.41, 5.74) is 28.4. The van der Waals surface area contributed by atoms with Gasteiger partial charge in [0.15, 0.2) is 0 Å². The lowest BCUT2D eigenvalue weighted by molar-refractivity contribution is -0.144. The van der Waals surface area contributed by atoms with Crippen LogP contribution in [0, 0.1) is 0 Å². The molecule has 1 aliphatic heterocycles. The fraction of sp³-hybridized carbons (Fsp3) is 0.171. The van der Waals surface area contributed by atoms with Crippen LogP contribution in [0.4, 0.5) is 34.1 Å². The standard InChI is InChI=1S/C19H23N3O2.C10H10N2.C6H7N/c1-12(2)7-10-17(23)24-11-19(3)21-15-6-4-5-13-14(20)8-9-16(22-19)18(13)15;11-9-5-6-10(12)8-4-2-1-3-7(8)9;7-6-4-2-1-3-5-6/h4-6,8-9,21-22H,1,7,10-11,20H2,2-3H3;1-6H,11-12H2;1-5H,7H2. The largest absolute Gasteiger partial charge is 0.461 e. The molecule has 1 unspecified atom stereocenters. The highest BCUT2D eigenvalue weighted by Crippen LogP contribution is 2.40. The summed E-state index contributed by atoms with van der Waals surface area (Å²) in [5, 5.41) is 11.0. The van der Waals surface area contributed by atoms with Crippen molar-refractivity contribution in [1.82, 2.24) is 0 Å². The molecule has 10 N–H and O–H groups in total. The Hall–Kier alpha value is -5.37. The van der Waals surface area contributed by atoms with Crippen molar-refractivity contribution in [2.75, 3.05) is 40.2 Å². The highest BCUT2D eigenvalue weighted by molar-refractivity contribution is 6.10. The molecule has 0 radical (unpaired) electrons. The number of para-hydroxylation sites is 1. The summed E-state index contributed by atoms with van der Waals surface area (Å²) in [4.78, 5) is 11.9. The second-order valence-electron chi connectivity index (χ2n) is 10.8. The van der Waals surface area contributed by atoms with Crippen LogP contribution in [0.2, 0.25) is 0 Å². The fourth-order valence-corrected chi connectivity index (χ4v) is 4.75. The lowest BCUT2D eigenvalue weighted by Gasteiger charge is -2.38. The average Bonchev–Trinajstić information content (AvgIpc) is 3.00. The SMILES string of the molecule is C=C(C)CCC(=O)OCC1(C)Nc2cccc3c(N)ccc(c23)N1.Nc1ccc(N)c2ccccc12.Nc1ccccc1. The van der Waals surface area contributed by atoms with Gasteiger partial charge >= 0.3 is 5.97 Å². The lowest BCUT2D eigenvalue weighted by atomic mass is 9.99. The summed E-state index contributed by atoms with van der Waals surface area (Å²) >= 11 is 0. The van der Waals surface area contributed by atoms with E-state index in [0.717, 1.165) is 61.2 Å². The van der Waals surface area contributed by atoms with E-state index in [1.54, 1.807) is 0 Å². The van der Waals surface area contributed by atoms with Gasteiger partial charge in [-0.05, 0) is 62.7 Å². The summed E-state index contributed by atoms with van der Waals surface area (Å²) in [5.74, 6) is -0.218. The van der Waals surface area contributed by atoms with E-state index in [1.165, 1.54) is 0 Å². The number of anilines is 6. The zero-order valence-electron chi connectivity index (χ0n) is 24.7. The number of allylic oxidation sites excluding steroid dienone is 1. The van der Waals surface area contributed by atoms with Gasteiger partial charge in [0, 0.05) is 62.1 Å². The molecule has 43 heavy (non-hydrogen) atoms. The molecule has 5 aromatic rings. The summed E-state index contributed by atoms with van der Waals surface area (Å²) in [6.45, 7) is 7.90. The molecule has 222 valence electrons. The maximum Gasteiger partial charge on any atom is 0.306 e. The second-order valence-corrected chi connectivity index (χ2v) is 10.8. The Balaban J connectivity index is 0.000000182. The van der Waals surface area contributed by atoms with E-state index in [2.05, 4.69) is 17.2 Å². The van der Waals surface area contributed by atoms with Crippen molar-refractivity contribution in [3.63, 3.8) is 0 Å². The molecule has 0 spiro atoms. The van der Waals surface area contributed by atoms with Gasteiger partial charge in [-0.15, -0.1) is 6.58 Å². The van der Waals surface area contributed by atoms with Gasteiger partial charge in [-0.25, -0.2) is 0 Å². The first-order valence-corrected chi connectivity index (χ1v) is 14.1. The van der Waals surface area contributed by atoms with Crippen LogP contribution in [0.3, 0.4) is 0 Å². The summed E-state index contributed by atoms with van der Waals surface area (Å²) in [6, 6.07) is 30.8. The molecule has 1 heterocycles. The van der Waals surface area contributed by atoms with E-state index in [4.69, 9.17) is 27.7 Å². The monoisotopic (exact) mass is 576 g/mol. The average molecular weight is 577 g/mol. The smallest absolute Gasteiger partial charge is 0.306 e. The van der Waals surface area contributed by atoms with Crippen molar-refractivity contribution in [2.45, 2.75) is 32.4 Å². The number of fused-ring (bicyclic) bond motifs is 1. The van der Waals surface area contributed by atoms with Crippen LogP contribution >= 0.6 is 0 Å². The predicted molar refractivity (Wildman–Crippen MR) is 183 cm³/mol. The van der Waals surface area contributed by atoms with Crippen molar-refractivity contribution in [2.24, 2.45) is 0 Å². The number of carbonyl (C=O) groups is 1. The van der Waals surface area contributed by atoms with Gasteiger partial charge in [-0.3, -0.25) is 4.79 Å². The lowest BCUT2D eigenvalue weighted by Crippen LogP contribution is -2.49. The quantitative estimate of drug-likeness (QED) is 0.0732. The molecule has 8 heteroatoms. The molecule has 0 saturated carbocycles. The van der Waals surface area contributed by atoms with Crippen LogP contribution in [0.5, 0.6) is 0 Å². The van der Waals surface area contributed by atoms with E-state index < -0.39 is 5.66 Å². The number of ether oxygens (including phenoxy) is 1. The highest BCUT2D eigenvalue weighted by atomic mass is 16.5. The van der Waals surface area contributed by atoms with Crippen LogP contribution in [-0.2, 0) is 9.53 Å². The Morgan fingerprint density at radius 2 is 1.21 bits per heavy atom. The summed E-state index contributed by atoms with van der Waals surface area (Å²) in [7, 11) is 0. The Bertz CT molecular complexity index is 1680. The van der Waals surface area contributed by atoms with Crippen LogP contribution in [0.25, 0.3) is 21.5 Å². The Kier molecular flexibility index (Phi) is 9.62. The molecule has 0 bridgehead atoms. The van der Waals surface area contributed by atoms with Crippen molar-refractivity contribution >= 4 is 61.6 Å². The van der Waals surface area contributed by atoms with Crippen LogP contribution in [0.15, 0.2) is 109 Å². The topological polar surface area (TPSA) is 154 Å². The Morgan fingerprint density at radius 3 is 1.77 bits per heavy atom. The highest BCUT2D eigenvalue weighted by Gasteiger charge is 2.31. The van der Waals surface area contributed by atoms with Crippen LogP contribution in [-0.4, -0.2) is 18.2 Å². The summed E-state index contributed by atoms with van der Waals surface area (Å²) in [6.07, 6.45) is 1.01. The molecule has 0 saturated heterocycles. The zero-order chi connectivity index (χ0) is 31.0. The molecular formula is C35H40N6O2. The number of nitrogen functional groups attached to an aromatic ring is 4. The van der Waals surface area contributed by atoms with E-state index in [0.29, 0.717) is 12.8 Å². The van der Waals surface area contributed by atoms with E-state index in [1.807, 2.05) is 111 Å². The van der Waals surface area contributed by atoms with Crippen molar-refractivity contribution in [3.05, 3.63) is 109 Å². The van der Waals surface area contributed by atoms with E-state index in [-0.39, 0.29) is 12.6 Å². The first-order valence-electron chi connectivity index (χ1n) is 14.1. The number of hydrogen-bond acceptors (Lipinski definition) is 8. The Labute approximate surface area is 252 Å². The number of nitrogens with two attached hydrogens (primary N) is 4. The predicted octanol–water partition coefficient (Wildman–Crippen LogP) is 7.15. The number of esters is 1. The summed E-state index contributed by atoms with van der Waals surface area (Å²) < 4.78 is 5.44. The van der Waals surface area contributed by atoms with Crippen molar-refractivity contribution < 1.29 is 9.53 Å². The minimum absolute atomic E-state index is 0.218. The third kappa shape index (κ3) is 7.89. The molecule has 8 nitrogen and oxygen atoms in total. The number of benzene rings is 5. The molecule has 0 aliphatic carbocycles. The first-order chi connectivity index (χ1) is 20.6. The third-order valence-corrected chi connectivity index (χ3v) is 6.96. The molecule has 6 rings (SSSR count). The van der Waals surface area contributed by atoms with Gasteiger partial charge < -0.3 is 38.3 Å². The van der Waals surface area contributed by atoms with Crippen molar-refractivity contribution in [1.29, 1.82) is 0 Å². The molecule has 1 aliphatic rings. The fourth-order valence-electron chi connectivity index (χ4n) is 4.75. The number of nitrogens with one attached hydrogen (secondary N) is 2. The van der Waals surface area contributed by atoms with Crippen LogP contribution < -0.4 is 33.6 Å². The minimum atomic E-state index is -0.573. The Morgan fingerprint density at radius 1 is 0.698 bits per heavy atom. The molecule has 1 atom stereocenters. The number of rotatable bonds is 5. The zero-order valence-corrected chi connectivity index (χ0v) is 24.7. The van der Waals surface area contributed by atoms with Gasteiger partial charge in [0.1, 0.15) is 12.3 Å². The van der Waals surface area contributed by atoms with Crippen molar-refractivity contribution in [3.8, 4) is 0 Å². The van der Waals surface area contributed by atoms with Gasteiger partial charge in [-0.1, -0.05) is 60.2 Å². The van der Waals surface area contributed by atoms with Gasteiger partial charge in [0.05, 0.1) is 0 Å². The molecule has 0 fully saturated rings. The molecule has 5 aromatic carbocycles. The molecule has 0 aromatic heterocycles. The van der Waals surface area contributed by atoms with E-state index >= 15 is 0 Å². The molecular weight excluding hydrogens is 536 g/mol. The van der Waals surface area contributed by atoms with Crippen LogP contribution in [0.1, 0.15) is 26.7 Å². The van der Waals surface area contributed by atoms with Gasteiger partial charge in [-0.2, -0.15) is 0 Å². The second kappa shape index (κ2) is 13.5.